The van der Waals surface area contributed by atoms with Gasteiger partial charge in [-0.05, 0) is 30.2 Å². The molecule has 0 bridgehead atoms. The molecule has 150 valence electrons. The lowest BCUT2D eigenvalue weighted by Gasteiger charge is -2.20. The number of hydrogen-bond acceptors (Lipinski definition) is 4. The van der Waals surface area contributed by atoms with Gasteiger partial charge in [0.1, 0.15) is 11.6 Å². The van der Waals surface area contributed by atoms with Crippen LogP contribution in [-0.4, -0.2) is 39.7 Å². The number of benzene rings is 2. The quantitative estimate of drug-likeness (QED) is 0.767. The van der Waals surface area contributed by atoms with Crippen molar-refractivity contribution in [3.63, 3.8) is 0 Å². The highest BCUT2D eigenvalue weighted by atomic mass is 32.2. The fourth-order valence-electron chi connectivity index (χ4n) is 3.26. The van der Waals surface area contributed by atoms with Gasteiger partial charge in [0.25, 0.3) is 0 Å². The summed E-state index contributed by atoms with van der Waals surface area (Å²) in [5.41, 5.74) is 1.23. The second kappa shape index (κ2) is 8.14. The number of nitrogens with one attached hydrogen (secondary N) is 2. The number of hydrogen-bond donors (Lipinski definition) is 2. The lowest BCUT2D eigenvalue weighted by Crippen LogP contribution is -2.38. The third kappa shape index (κ3) is 5.19. The van der Waals surface area contributed by atoms with Gasteiger partial charge in [0, 0.05) is 25.2 Å². The molecule has 0 saturated carbocycles. The molecule has 3 rings (SSSR count). The highest BCUT2D eigenvalue weighted by Crippen LogP contribution is 2.24. The van der Waals surface area contributed by atoms with Crippen molar-refractivity contribution in [2.24, 2.45) is 0 Å². The first-order valence-corrected chi connectivity index (χ1v) is 10.7. The zero-order valence-corrected chi connectivity index (χ0v) is 16.1. The predicted octanol–water partition coefficient (Wildman–Crippen LogP) is 2.27. The van der Waals surface area contributed by atoms with Gasteiger partial charge in [-0.3, -0.25) is 9.52 Å². The number of nitrogens with zero attached hydrogens (tertiary/aromatic N) is 1. The number of amides is 1. The fraction of sp³-hybridized carbons (Fsp3) is 0.316. The zero-order chi connectivity index (χ0) is 20.3. The van der Waals surface area contributed by atoms with Crippen LogP contribution in [0.2, 0.25) is 0 Å². The number of anilines is 2. The summed E-state index contributed by atoms with van der Waals surface area (Å²) in [6.07, 6.45) is 1.69. The summed E-state index contributed by atoms with van der Waals surface area (Å²) in [5.74, 6) is -1.52. The Morgan fingerprint density at radius 3 is 2.68 bits per heavy atom. The molecule has 2 aromatic carbocycles. The first-order chi connectivity index (χ1) is 13.2. The lowest BCUT2D eigenvalue weighted by molar-refractivity contribution is -0.121. The van der Waals surface area contributed by atoms with Crippen molar-refractivity contribution < 1.29 is 22.0 Å². The number of halogens is 2. The number of carbonyl (C=O) groups excluding carboxylic acids is 1. The molecule has 1 aliphatic heterocycles. The van der Waals surface area contributed by atoms with Crippen molar-refractivity contribution in [3.8, 4) is 0 Å². The summed E-state index contributed by atoms with van der Waals surface area (Å²) in [7, 11) is -3.45. The van der Waals surface area contributed by atoms with Crippen LogP contribution in [0.1, 0.15) is 12.0 Å². The molecule has 1 aliphatic rings. The molecule has 28 heavy (non-hydrogen) atoms. The van der Waals surface area contributed by atoms with Crippen molar-refractivity contribution >= 4 is 27.3 Å². The summed E-state index contributed by atoms with van der Waals surface area (Å²) in [4.78, 5) is 14.2. The van der Waals surface area contributed by atoms with Crippen LogP contribution in [0.3, 0.4) is 0 Å². The fourth-order valence-corrected chi connectivity index (χ4v) is 3.86. The minimum Gasteiger partial charge on any atom is -0.367 e. The van der Waals surface area contributed by atoms with E-state index >= 15 is 0 Å². The molecule has 1 unspecified atom stereocenters. The van der Waals surface area contributed by atoms with Gasteiger partial charge in [-0.1, -0.05) is 18.2 Å². The van der Waals surface area contributed by atoms with Crippen LogP contribution in [-0.2, 0) is 21.2 Å². The van der Waals surface area contributed by atoms with E-state index in [1.165, 1.54) is 12.1 Å². The number of sulfonamides is 1. The van der Waals surface area contributed by atoms with Gasteiger partial charge in [-0.15, -0.1) is 0 Å². The van der Waals surface area contributed by atoms with Crippen molar-refractivity contribution in [1.82, 2.24) is 5.32 Å². The second-order valence-electron chi connectivity index (χ2n) is 6.80. The maximum absolute atomic E-state index is 13.9. The van der Waals surface area contributed by atoms with E-state index in [0.29, 0.717) is 36.4 Å². The minimum atomic E-state index is -3.45. The Kier molecular flexibility index (Phi) is 5.83. The van der Waals surface area contributed by atoms with Crippen LogP contribution in [0, 0.1) is 11.6 Å². The van der Waals surface area contributed by atoms with E-state index in [0.717, 1.165) is 12.3 Å². The van der Waals surface area contributed by atoms with Gasteiger partial charge in [0.05, 0.1) is 24.1 Å². The smallest absolute Gasteiger partial charge is 0.229 e. The van der Waals surface area contributed by atoms with Gasteiger partial charge in [0.2, 0.25) is 15.9 Å². The first kappa shape index (κ1) is 20.1. The molecular weight excluding hydrogens is 388 g/mol. The predicted molar refractivity (Wildman–Crippen MR) is 104 cm³/mol. The van der Waals surface area contributed by atoms with Crippen molar-refractivity contribution in [2.45, 2.75) is 18.9 Å². The van der Waals surface area contributed by atoms with Gasteiger partial charge >= 0.3 is 0 Å². The maximum Gasteiger partial charge on any atom is 0.229 e. The van der Waals surface area contributed by atoms with Crippen LogP contribution in [0.25, 0.3) is 0 Å². The average Bonchev–Trinajstić information content (AvgIpc) is 3.03. The standard InChI is InChI=1S/C19H21F2N3O3S/c1-28(26,27)23-17-5-3-2-4-13(17)10-19(25)22-15-8-9-24(12-15)18-7-6-14(20)11-16(18)21/h2-7,11,15,23H,8-10,12H2,1H3,(H,22,25). The highest BCUT2D eigenvalue weighted by molar-refractivity contribution is 7.92. The Balaban J connectivity index is 1.61. The summed E-state index contributed by atoms with van der Waals surface area (Å²) >= 11 is 0. The van der Waals surface area contributed by atoms with Crippen LogP contribution < -0.4 is 14.9 Å². The third-order valence-corrected chi connectivity index (χ3v) is 5.06. The lowest BCUT2D eigenvalue weighted by atomic mass is 10.1. The molecule has 1 amide bonds. The molecular formula is C19H21F2N3O3S. The molecule has 6 nitrogen and oxygen atoms in total. The molecule has 1 fully saturated rings. The molecule has 0 aliphatic carbocycles. The summed E-state index contributed by atoms with van der Waals surface area (Å²) in [5, 5.41) is 2.89. The molecule has 9 heteroatoms. The second-order valence-corrected chi connectivity index (χ2v) is 8.55. The molecule has 1 saturated heterocycles. The monoisotopic (exact) mass is 409 g/mol. The van der Waals surface area contributed by atoms with Gasteiger partial charge in [-0.2, -0.15) is 0 Å². The Labute approximate surface area is 162 Å². The van der Waals surface area contributed by atoms with E-state index in [1.54, 1.807) is 29.2 Å². The Morgan fingerprint density at radius 2 is 1.96 bits per heavy atom. The minimum absolute atomic E-state index is 0.0140. The van der Waals surface area contributed by atoms with E-state index < -0.39 is 21.7 Å². The Bertz CT molecular complexity index is 982. The third-order valence-electron chi connectivity index (χ3n) is 4.47. The zero-order valence-electron chi connectivity index (χ0n) is 15.3. The molecule has 2 aromatic rings. The first-order valence-electron chi connectivity index (χ1n) is 8.76. The van der Waals surface area contributed by atoms with Crippen LogP contribution in [0.15, 0.2) is 42.5 Å². The highest BCUT2D eigenvalue weighted by Gasteiger charge is 2.26. The molecule has 0 aromatic heterocycles. The summed E-state index contributed by atoms with van der Waals surface area (Å²) < 4.78 is 52.3. The maximum atomic E-state index is 13.9. The van der Waals surface area contributed by atoms with Gasteiger partial charge in [0.15, 0.2) is 0 Å². The molecule has 2 N–H and O–H groups in total. The van der Waals surface area contributed by atoms with Crippen LogP contribution >= 0.6 is 0 Å². The van der Waals surface area contributed by atoms with E-state index in [1.807, 2.05) is 0 Å². The summed E-state index contributed by atoms with van der Waals surface area (Å²) in [6.45, 7) is 0.956. The van der Waals surface area contributed by atoms with E-state index in [4.69, 9.17) is 0 Å². The Morgan fingerprint density at radius 1 is 1.21 bits per heavy atom. The van der Waals surface area contributed by atoms with Crippen molar-refractivity contribution in [1.29, 1.82) is 0 Å². The van der Waals surface area contributed by atoms with E-state index in [-0.39, 0.29) is 18.4 Å². The van der Waals surface area contributed by atoms with Gasteiger partial charge < -0.3 is 10.2 Å². The number of para-hydroxylation sites is 1. The molecule has 0 spiro atoms. The normalized spacial score (nSPS) is 16.8. The average molecular weight is 409 g/mol. The molecule has 0 radical (unpaired) electrons. The molecule has 1 atom stereocenters. The van der Waals surface area contributed by atoms with E-state index in [9.17, 15) is 22.0 Å². The van der Waals surface area contributed by atoms with Crippen molar-refractivity contribution in [2.75, 3.05) is 29.0 Å². The van der Waals surface area contributed by atoms with Crippen LogP contribution in [0.4, 0.5) is 20.2 Å². The van der Waals surface area contributed by atoms with Crippen molar-refractivity contribution in [3.05, 3.63) is 59.7 Å². The van der Waals surface area contributed by atoms with E-state index in [2.05, 4.69) is 10.0 Å². The largest absolute Gasteiger partial charge is 0.367 e. The Hall–Kier alpha value is -2.68. The summed E-state index contributed by atoms with van der Waals surface area (Å²) in [6, 6.07) is 9.95. The number of carbonyl (C=O) groups is 1. The molecule has 1 heterocycles. The topological polar surface area (TPSA) is 78.5 Å². The van der Waals surface area contributed by atoms with Crippen LogP contribution in [0.5, 0.6) is 0 Å². The SMILES string of the molecule is CS(=O)(=O)Nc1ccccc1CC(=O)NC1CCN(c2ccc(F)cc2F)C1. The van der Waals surface area contributed by atoms with Gasteiger partial charge in [-0.25, -0.2) is 17.2 Å². The number of rotatable bonds is 6.